The van der Waals surface area contributed by atoms with Gasteiger partial charge in [-0.1, -0.05) is 6.07 Å². The van der Waals surface area contributed by atoms with E-state index in [9.17, 15) is 9.59 Å². The summed E-state index contributed by atoms with van der Waals surface area (Å²) in [5.41, 5.74) is 2.15. The molecule has 1 aliphatic heterocycles. The van der Waals surface area contributed by atoms with E-state index in [4.69, 9.17) is 4.42 Å². The van der Waals surface area contributed by atoms with E-state index in [0.29, 0.717) is 17.6 Å². The average Bonchev–Trinajstić information content (AvgIpc) is 2.81. The third-order valence-electron chi connectivity index (χ3n) is 3.06. The number of likely N-dealkylation sites (N-methyl/N-ethyl adjacent to an activating group) is 1. The summed E-state index contributed by atoms with van der Waals surface area (Å²) in [5, 5.41) is 2.76. The first kappa shape index (κ1) is 9.95. The van der Waals surface area contributed by atoms with Gasteiger partial charge in [-0.25, -0.2) is 9.59 Å². The van der Waals surface area contributed by atoms with E-state index in [1.807, 2.05) is 12.1 Å². The fourth-order valence-corrected chi connectivity index (χ4v) is 2.11. The van der Waals surface area contributed by atoms with Crippen LogP contribution in [-0.4, -0.2) is 29.5 Å². The second-order valence-corrected chi connectivity index (χ2v) is 4.08. The van der Waals surface area contributed by atoms with Crippen LogP contribution in [0, 0.1) is 0 Å². The summed E-state index contributed by atoms with van der Waals surface area (Å²) in [4.78, 5) is 26.6. The van der Waals surface area contributed by atoms with Crippen molar-refractivity contribution in [3.8, 4) is 0 Å². The van der Waals surface area contributed by atoms with Crippen LogP contribution in [-0.2, 0) is 0 Å². The second-order valence-electron chi connectivity index (χ2n) is 4.08. The van der Waals surface area contributed by atoms with E-state index in [2.05, 4.69) is 10.3 Å². The number of fused-ring (bicyclic) bond motifs is 1. The van der Waals surface area contributed by atoms with Gasteiger partial charge >= 0.3 is 11.8 Å². The lowest BCUT2D eigenvalue weighted by molar-refractivity contribution is 0.217. The summed E-state index contributed by atoms with van der Waals surface area (Å²) in [6.07, 6.45) is 0. The minimum absolute atomic E-state index is 0.00898. The molecular formula is C11H11N3O3. The highest BCUT2D eigenvalue weighted by Gasteiger charge is 2.28. The average molecular weight is 233 g/mol. The standard InChI is InChI=1S/C11H11N3O3/c1-14-8(5-12-10(14)15)6-2-3-9-7(4-6)13-11(16)17-9/h2-4,8H,5H2,1H3,(H,12,15)(H,13,16). The Bertz CT molecular complexity index is 643. The lowest BCUT2D eigenvalue weighted by Crippen LogP contribution is -2.25. The normalized spacial score (nSPS) is 19.9. The molecule has 0 radical (unpaired) electrons. The molecule has 2 aromatic rings. The zero-order valence-electron chi connectivity index (χ0n) is 9.19. The van der Waals surface area contributed by atoms with E-state index >= 15 is 0 Å². The molecule has 1 saturated heterocycles. The predicted molar refractivity (Wildman–Crippen MR) is 60.7 cm³/mol. The summed E-state index contributed by atoms with van der Waals surface area (Å²) >= 11 is 0. The van der Waals surface area contributed by atoms with Gasteiger partial charge in [-0.15, -0.1) is 0 Å². The number of nitrogens with zero attached hydrogens (tertiary/aromatic N) is 1. The zero-order chi connectivity index (χ0) is 12.0. The smallest absolute Gasteiger partial charge is 0.408 e. The maximum Gasteiger partial charge on any atom is 0.417 e. The van der Waals surface area contributed by atoms with Crippen molar-refractivity contribution in [1.29, 1.82) is 0 Å². The Kier molecular flexibility index (Phi) is 1.98. The molecule has 0 spiro atoms. The first-order valence-corrected chi connectivity index (χ1v) is 5.28. The van der Waals surface area contributed by atoms with E-state index in [1.54, 1.807) is 18.0 Å². The van der Waals surface area contributed by atoms with Gasteiger partial charge in [0.1, 0.15) is 0 Å². The quantitative estimate of drug-likeness (QED) is 0.765. The summed E-state index contributed by atoms with van der Waals surface area (Å²) in [5.74, 6) is -0.467. The van der Waals surface area contributed by atoms with Crippen LogP contribution >= 0.6 is 0 Å². The van der Waals surface area contributed by atoms with E-state index in [1.165, 1.54) is 0 Å². The molecular weight excluding hydrogens is 222 g/mol. The fourth-order valence-electron chi connectivity index (χ4n) is 2.11. The lowest BCUT2D eigenvalue weighted by atomic mass is 10.1. The van der Waals surface area contributed by atoms with Crippen LogP contribution in [0.25, 0.3) is 11.1 Å². The van der Waals surface area contributed by atoms with Crippen LogP contribution < -0.4 is 11.1 Å². The van der Waals surface area contributed by atoms with Crippen LogP contribution in [0.1, 0.15) is 11.6 Å². The number of carbonyl (C=O) groups excluding carboxylic acids is 1. The van der Waals surface area contributed by atoms with Crippen LogP contribution in [0.5, 0.6) is 0 Å². The number of carbonyl (C=O) groups is 1. The molecule has 6 nitrogen and oxygen atoms in total. The van der Waals surface area contributed by atoms with Gasteiger partial charge in [0, 0.05) is 13.6 Å². The Balaban J connectivity index is 2.06. The summed E-state index contributed by atoms with van der Waals surface area (Å²) in [6.45, 7) is 0.572. The van der Waals surface area contributed by atoms with Gasteiger partial charge in [0.25, 0.3) is 0 Å². The van der Waals surface area contributed by atoms with Crippen LogP contribution in [0.2, 0.25) is 0 Å². The molecule has 1 aromatic heterocycles. The number of oxazole rings is 1. The van der Waals surface area contributed by atoms with Crippen molar-refractivity contribution in [2.24, 2.45) is 0 Å². The van der Waals surface area contributed by atoms with Gasteiger partial charge in [0.2, 0.25) is 0 Å². The molecule has 88 valence electrons. The van der Waals surface area contributed by atoms with Crippen molar-refractivity contribution >= 4 is 17.1 Å². The largest absolute Gasteiger partial charge is 0.417 e. The molecule has 2 heterocycles. The molecule has 3 rings (SSSR count). The molecule has 0 saturated carbocycles. The van der Waals surface area contributed by atoms with Gasteiger partial charge in [-0.05, 0) is 17.7 Å². The van der Waals surface area contributed by atoms with Gasteiger partial charge in [0.15, 0.2) is 5.58 Å². The molecule has 1 unspecified atom stereocenters. The molecule has 6 heteroatoms. The van der Waals surface area contributed by atoms with Gasteiger partial charge in [-0.3, -0.25) is 4.98 Å². The predicted octanol–water partition coefficient (Wildman–Crippen LogP) is 0.817. The molecule has 1 atom stereocenters. The number of amides is 2. The van der Waals surface area contributed by atoms with Crippen molar-refractivity contribution in [1.82, 2.24) is 15.2 Å². The van der Waals surface area contributed by atoms with Gasteiger partial charge in [-0.2, -0.15) is 0 Å². The van der Waals surface area contributed by atoms with Crippen molar-refractivity contribution < 1.29 is 9.21 Å². The minimum atomic E-state index is -0.467. The van der Waals surface area contributed by atoms with Crippen molar-refractivity contribution in [3.63, 3.8) is 0 Å². The number of benzene rings is 1. The number of hydrogen-bond acceptors (Lipinski definition) is 3. The molecule has 0 aliphatic carbocycles. The zero-order valence-corrected chi connectivity index (χ0v) is 9.19. The van der Waals surface area contributed by atoms with Crippen molar-refractivity contribution in [2.45, 2.75) is 6.04 Å². The topological polar surface area (TPSA) is 78.3 Å². The van der Waals surface area contributed by atoms with E-state index in [0.717, 1.165) is 5.56 Å². The Morgan fingerprint density at radius 1 is 1.41 bits per heavy atom. The van der Waals surface area contributed by atoms with Gasteiger partial charge < -0.3 is 14.6 Å². The highest BCUT2D eigenvalue weighted by molar-refractivity contribution is 5.78. The molecule has 1 fully saturated rings. The fraction of sp³-hybridized carbons (Fsp3) is 0.273. The third-order valence-corrected chi connectivity index (χ3v) is 3.06. The second kappa shape index (κ2) is 3.38. The van der Waals surface area contributed by atoms with Crippen LogP contribution in [0.15, 0.2) is 27.4 Å². The third kappa shape index (κ3) is 1.49. The highest BCUT2D eigenvalue weighted by atomic mass is 16.4. The molecule has 17 heavy (non-hydrogen) atoms. The van der Waals surface area contributed by atoms with E-state index in [-0.39, 0.29) is 12.1 Å². The molecule has 2 amide bonds. The van der Waals surface area contributed by atoms with Crippen molar-refractivity contribution in [2.75, 3.05) is 13.6 Å². The SMILES string of the molecule is CN1C(=O)NCC1c1ccc2oc(=O)[nH]c2c1. The Labute approximate surface area is 96.2 Å². The lowest BCUT2D eigenvalue weighted by Gasteiger charge is -2.17. The number of rotatable bonds is 1. The van der Waals surface area contributed by atoms with Crippen molar-refractivity contribution in [3.05, 3.63) is 34.3 Å². The number of aromatic nitrogens is 1. The first-order chi connectivity index (χ1) is 8.15. The summed E-state index contributed by atoms with van der Waals surface area (Å²) < 4.78 is 4.93. The Hall–Kier alpha value is -2.24. The molecule has 0 bridgehead atoms. The number of hydrogen-bond donors (Lipinski definition) is 2. The summed E-state index contributed by atoms with van der Waals surface area (Å²) in [7, 11) is 1.75. The molecule has 1 aliphatic rings. The summed E-state index contributed by atoms with van der Waals surface area (Å²) in [6, 6.07) is 5.34. The molecule has 2 N–H and O–H groups in total. The molecule has 1 aromatic carbocycles. The number of aromatic amines is 1. The highest BCUT2D eigenvalue weighted by Crippen LogP contribution is 2.25. The number of nitrogens with one attached hydrogen (secondary N) is 2. The maximum atomic E-state index is 11.4. The minimum Gasteiger partial charge on any atom is -0.408 e. The first-order valence-electron chi connectivity index (χ1n) is 5.28. The Morgan fingerprint density at radius 3 is 2.94 bits per heavy atom. The number of urea groups is 1. The van der Waals surface area contributed by atoms with E-state index < -0.39 is 5.76 Å². The monoisotopic (exact) mass is 233 g/mol. The maximum absolute atomic E-state index is 11.4. The van der Waals surface area contributed by atoms with Gasteiger partial charge in [0.05, 0.1) is 11.6 Å². The number of H-pyrrole nitrogens is 1. The Morgan fingerprint density at radius 2 is 2.24 bits per heavy atom. The van der Waals surface area contributed by atoms with Crippen LogP contribution in [0.3, 0.4) is 0 Å². The van der Waals surface area contributed by atoms with Crippen LogP contribution in [0.4, 0.5) is 4.79 Å².